The summed E-state index contributed by atoms with van der Waals surface area (Å²) in [6.45, 7) is 4.43. The van der Waals surface area contributed by atoms with Gasteiger partial charge in [-0.2, -0.15) is 0 Å². The SMILES string of the molecule is COc1ccccc1OCCCC(C)(C)C(N)=NO. The van der Waals surface area contributed by atoms with Crippen molar-refractivity contribution in [2.45, 2.75) is 26.7 Å². The Morgan fingerprint density at radius 2 is 1.95 bits per heavy atom. The number of benzene rings is 1. The molecule has 0 spiro atoms. The van der Waals surface area contributed by atoms with Crippen LogP contribution in [0.2, 0.25) is 0 Å². The zero-order valence-electron chi connectivity index (χ0n) is 11.7. The van der Waals surface area contributed by atoms with E-state index in [1.807, 2.05) is 38.1 Å². The van der Waals surface area contributed by atoms with Gasteiger partial charge >= 0.3 is 0 Å². The van der Waals surface area contributed by atoms with E-state index < -0.39 is 0 Å². The number of ether oxygens (including phenoxy) is 2. The van der Waals surface area contributed by atoms with Crippen LogP contribution in [0.5, 0.6) is 11.5 Å². The zero-order valence-corrected chi connectivity index (χ0v) is 11.7. The molecule has 1 aromatic carbocycles. The van der Waals surface area contributed by atoms with Crippen LogP contribution >= 0.6 is 0 Å². The van der Waals surface area contributed by atoms with Gasteiger partial charge in [-0.15, -0.1) is 0 Å². The average molecular weight is 266 g/mol. The third-order valence-electron chi connectivity index (χ3n) is 3.07. The van der Waals surface area contributed by atoms with Gasteiger partial charge in [0, 0.05) is 5.41 Å². The third-order valence-corrected chi connectivity index (χ3v) is 3.07. The molecule has 0 heterocycles. The summed E-state index contributed by atoms with van der Waals surface area (Å²) < 4.78 is 10.9. The molecule has 1 rings (SSSR count). The molecule has 0 fully saturated rings. The number of nitrogens with two attached hydrogens (primary N) is 1. The highest BCUT2D eigenvalue weighted by atomic mass is 16.5. The second-order valence-electron chi connectivity index (χ2n) is 4.97. The van der Waals surface area contributed by atoms with Crippen LogP contribution in [-0.4, -0.2) is 24.8 Å². The van der Waals surface area contributed by atoms with E-state index in [0.29, 0.717) is 6.61 Å². The molecule has 5 heteroatoms. The first-order valence-electron chi connectivity index (χ1n) is 6.25. The van der Waals surface area contributed by atoms with Crippen molar-refractivity contribution in [2.24, 2.45) is 16.3 Å². The van der Waals surface area contributed by atoms with Crippen molar-refractivity contribution in [3.63, 3.8) is 0 Å². The van der Waals surface area contributed by atoms with Crippen LogP contribution in [0, 0.1) is 5.41 Å². The molecule has 3 N–H and O–H groups in total. The summed E-state index contributed by atoms with van der Waals surface area (Å²) in [4.78, 5) is 0. The molecule has 0 aliphatic heterocycles. The summed E-state index contributed by atoms with van der Waals surface area (Å²) in [6, 6.07) is 7.52. The molecule has 0 aliphatic rings. The minimum absolute atomic E-state index is 0.241. The number of hydrogen-bond donors (Lipinski definition) is 2. The monoisotopic (exact) mass is 266 g/mol. The molecule has 0 aliphatic carbocycles. The summed E-state index contributed by atoms with van der Waals surface area (Å²) in [5, 5.41) is 11.7. The zero-order chi connectivity index (χ0) is 14.3. The van der Waals surface area contributed by atoms with Crippen LogP contribution in [0.3, 0.4) is 0 Å². The van der Waals surface area contributed by atoms with Gasteiger partial charge < -0.3 is 20.4 Å². The average Bonchev–Trinajstić information content (AvgIpc) is 2.43. The first kappa shape index (κ1) is 15.1. The van der Waals surface area contributed by atoms with E-state index in [1.54, 1.807) is 7.11 Å². The number of methoxy groups -OCH3 is 1. The Kier molecular flexibility index (Phi) is 5.48. The van der Waals surface area contributed by atoms with Crippen molar-refractivity contribution in [2.75, 3.05) is 13.7 Å². The fourth-order valence-corrected chi connectivity index (χ4v) is 1.70. The van der Waals surface area contributed by atoms with Crippen LogP contribution in [0.1, 0.15) is 26.7 Å². The Balaban J connectivity index is 2.43. The number of nitrogens with zero attached hydrogens (tertiary/aromatic N) is 1. The molecule has 106 valence electrons. The standard InChI is InChI=1S/C14H22N2O3/c1-14(2,13(15)16-17)9-6-10-19-12-8-5-4-7-11(12)18-3/h4-5,7-8,17H,6,9-10H2,1-3H3,(H2,15,16). The van der Waals surface area contributed by atoms with Crippen LogP contribution < -0.4 is 15.2 Å². The minimum atomic E-state index is -0.334. The number of amidine groups is 1. The first-order valence-corrected chi connectivity index (χ1v) is 6.25. The lowest BCUT2D eigenvalue weighted by molar-refractivity contribution is 0.266. The molecular formula is C14H22N2O3. The van der Waals surface area contributed by atoms with Crippen LogP contribution in [0.15, 0.2) is 29.4 Å². The van der Waals surface area contributed by atoms with E-state index in [4.69, 9.17) is 20.4 Å². The van der Waals surface area contributed by atoms with Gasteiger partial charge in [-0.25, -0.2) is 0 Å². The van der Waals surface area contributed by atoms with Crippen molar-refractivity contribution in [3.8, 4) is 11.5 Å². The van der Waals surface area contributed by atoms with Gasteiger partial charge in [0.1, 0.15) is 5.84 Å². The van der Waals surface area contributed by atoms with Gasteiger partial charge in [0.2, 0.25) is 0 Å². The van der Waals surface area contributed by atoms with Crippen molar-refractivity contribution in [3.05, 3.63) is 24.3 Å². The van der Waals surface area contributed by atoms with Gasteiger partial charge in [0.25, 0.3) is 0 Å². The van der Waals surface area contributed by atoms with E-state index in [9.17, 15) is 0 Å². The number of hydrogen-bond acceptors (Lipinski definition) is 4. The number of para-hydroxylation sites is 2. The van der Waals surface area contributed by atoms with E-state index in [0.717, 1.165) is 24.3 Å². The summed E-state index contributed by atoms with van der Waals surface area (Å²) in [6.07, 6.45) is 1.58. The first-order chi connectivity index (χ1) is 9.01. The van der Waals surface area contributed by atoms with Crippen LogP contribution in [0.4, 0.5) is 0 Å². The normalized spacial score (nSPS) is 12.3. The number of oxime groups is 1. The highest BCUT2D eigenvalue weighted by Crippen LogP contribution is 2.27. The quantitative estimate of drug-likeness (QED) is 0.261. The van der Waals surface area contributed by atoms with Crippen LogP contribution in [-0.2, 0) is 0 Å². The molecule has 0 atom stereocenters. The molecule has 0 radical (unpaired) electrons. The second kappa shape index (κ2) is 6.87. The Hall–Kier alpha value is -1.91. The Labute approximate surface area is 114 Å². The molecule has 0 amide bonds. The largest absolute Gasteiger partial charge is 0.493 e. The molecule has 0 bridgehead atoms. The molecule has 0 unspecified atom stereocenters. The predicted molar refractivity (Wildman–Crippen MR) is 74.9 cm³/mol. The summed E-state index contributed by atoms with van der Waals surface area (Å²) in [5.74, 6) is 1.69. The Morgan fingerprint density at radius 1 is 1.32 bits per heavy atom. The maximum absolute atomic E-state index is 8.69. The topological polar surface area (TPSA) is 77.1 Å². The van der Waals surface area contributed by atoms with Crippen molar-refractivity contribution in [1.82, 2.24) is 0 Å². The maximum Gasteiger partial charge on any atom is 0.161 e. The van der Waals surface area contributed by atoms with Crippen molar-refractivity contribution in [1.29, 1.82) is 0 Å². The van der Waals surface area contributed by atoms with Crippen molar-refractivity contribution < 1.29 is 14.7 Å². The fraction of sp³-hybridized carbons (Fsp3) is 0.500. The molecule has 5 nitrogen and oxygen atoms in total. The maximum atomic E-state index is 8.69. The molecule has 0 saturated heterocycles. The van der Waals surface area contributed by atoms with Crippen molar-refractivity contribution >= 4 is 5.84 Å². The highest BCUT2D eigenvalue weighted by Gasteiger charge is 2.22. The minimum Gasteiger partial charge on any atom is -0.493 e. The summed E-state index contributed by atoms with van der Waals surface area (Å²) in [5.41, 5.74) is 5.29. The molecule has 1 aromatic rings. The molecular weight excluding hydrogens is 244 g/mol. The van der Waals surface area contributed by atoms with E-state index >= 15 is 0 Å². The summed E-state index contributed by atoms with van der Waals surface area (Å²) >= 11 is 0. The molecule has 0 saturated carbocycles. The lowest BCUT2D eigenvalue weighted by atomic mass is 9.87. The van der Waals surface area contributed by atoms with Crippen LogP contribution in [0.25, 0.3) is 0 Å². The smallest absolute Gasteiger partial charge is 0.161 e. The van der Waals surface area contributed by atoms with E-state index in [1.165, 1.54) is 0 Å². The third kappa shape index (κ3) is 4.35. The van der Waals surface area contributed by atoms with Gasteiger partial charge in [0.05, 0.1) is 13.7 Å². The van der Waals surface area contributed by atoms with Gasteiger partial charge in [0.15, 0.2) is 11.5 Å². The second-order valence-corrected chi connectivity index (χ2v) is 4.97. The molecule has 19 heavy (non-hydrogen) atoms. The van der Waals surface area contributed by atoms with E-state index in [2.05, 4.69) is 5.16 Å². The number of rotatable bonds is 7. The summed E-state index contributed by atoms with van der Waals surface area (Å²) in [7, 11) is 1.61. The van der Waals surface area contributed by atoms with Gasteiger partial charge in [-0.3, -0.25) is 0 Å². The highest BCUT2D eigenvalue weighted by molar-refractivity contribution is 5.85. The lowest BCUT2D eigenvalue weighted by Crippen LogP contribution is -2.32. The Morgan fingerprint density at radius 3 is 2.53 bits per heavy atom. The van der Waals surface area contributed by atoms with Gasteiger partial charge in [-0.1, -0.05) is 31.1 Å². The lowest BCUT2D eigenvalue weighted by Gasteiger charge is -2.22. The fourth-order valence-electron chi connectivity index (χ4n) is 1.70. The molecule has 0 aromatic heterocycles. The van der Waals surface area contributed by atoms with Gasteiger partial charge in [-0.05, 0) is 25.0 Å². The Bertz CT molecular complexity index is 430. The van der Waals surface area contributed by atoms with E-state index in [-0.39, 0.29) is 11.3 Å². The predicted octanol–water partition coefficient (Wildman–Crippen LogP) is 2.63.